The Hall–Kier alpha value is -2.86. The van der Waals surface area contributed by atoms with E-state index in [2.05, 4.69) is 63.6 Å². The van der Waals surface area contributed by atoms with Crippen LogP contribution in [0.15, 0.2) is 36.4 Å². The Labute approximate surface area is 205 Å². The van der Waals surface area contributed by atoms with Crippen molar-refractivity contribution in [2.75, 3.05) is 29.0 Å². The molecule has 5 N–H and O–H groups in total. The lowest BCUT2D eigenvalue weighted by atomic mass is 9.85. The number of nitrogens with one attached hydrogen (secondary N) is 3. The van der Waals surface area contributed by atoms with Gasteiger partial charge in [0.15, 0.2) is 5.78 Å². The summed E-state index contributed by atoms with van der Waals surface area (Å²) in [5.74, 6) is -0.272. The maximum absolute atomic E-state index is 13.3. The molecule has 0 aliphatic heterocycles. The molecule has 0 atom stereocenters. The summed E-state index contributed by atoms with van der Waals surface area (Å²) in [7, 11) is 0. The first kappa shape index (κ1) is 27.4. The van der Waals surface area contributed by atoms with Crippen molar-refractivity contribution >= 4 is 28.8 Å². The Kier molecular flexibility index (Phi) is 8.20. The van der Waals surface area contributed by atoms with Crippen LogP contribution in [0.5, 0.6) is 0 Å². The van der Waals surface area contributed by atoms with Gasteiger partial charge in [-0.25, -0.2) is 0 Å². The number of hydrogen-bond acceptors (Lipinski definition) is 5. The van der Waals surface area contributed by atoms with E-state index in [1.807, 2.05) is 26.8 Å². The van der Waals surface area contributed by atoms with E-state index in [1.165, 1.54) is 0 Å². The Morgan fingerprint density at radius 3 is 1.97 bits per heavy atom. The second-order valence-corrected chi connectivity index (χ2v) is 11.9. The standard InChI is InChI=1S/C28H42N4O2/c1-26(2,3)20-16-21(23(30-14-13-29)22(17-20)32-28(7,8)9)31-25(34)19-12-10-11-18(15-19)24(33)27(4,5)6/h10-12,15-17,30,32H,13-14,29H2,1-9H3,(H,31,34). The van der Waals surface area contributed by atoms with Gasteiger partial charge in [-0.2, -0.15) is 0 Å². The molecule has 0 radical (unpaired) electrons. The highest BCUT2D eigenvalue weighted by Gasteiger charge is 2.25. The molecule has 6 heteroatoms. The number of carbonyl (C=O) groups is 2. The van der Waals surface area contributed by atoms with Crippen LogP contribution in [0.4, 0.5) is 17.1 Å². The molecule has 1 amide bonds. The van der Waals surface area contributed by atoms with Gasteiger partial charge in [0.2, 0.25) is 0 Å². The molecule has 2 rings (SSSR count). The lowest BCUT2D eigenvalue weighted by Gasteiger charge is -2.29. The third-order valence-corrected chi connectivity index (χ3v) is 5.28. The molecule has 0 saturated carbocycles. The highest BCUT2D eigenvalue weighted by atomic mass is 16.1. The Morgan fingerprint density at radius 2 is 1.44 bits per heavy atom. The molecule has 0 aliphatic rings. The number of carbonyl (C=O) groups excluding carboxylic acids is 2. The minimum atomic E-state index is -0.525. The number of Topliss-reactive ketones (excluding diaryl/α,β-unsaturated/α-hetero) is 1. The lowest BCUT2D eigenvalue weighted by Crippen LogP contribution is -2.28. The smallest absolute Gasteiger partial charge is 0.255 e. The molecule has 2 aromatic rings. The second-order valence-electron chi connectivity index (χ2n) is 11.9. The van der Waals surface area contributed by atoms with Crippen LogP contribution in [0.2, 0.25) is 0 Å². The number of nitrogens with two attached hydrogens (primary N) is 1. The summed E-state index contributed by atoms with van der Waals surface area (Å²) >= 11 is 0. The van der Waals surface area contributed by atoms with Crippen molar-refractivity contribution in [3.05, 3.63) is 53.1 Å². The van der Waals surface area contributed by atoms with E-state index >= 15 is 0 Å². The maximum atomic E-state index is 13.3. The van der Waals surface area contributed by atoms with E-state index in [9.17, 15) is 9.59 Å². The minimum Gasteiger partial charge on any atom is -0.380 e. The zero-order valence-corrected chi connectivity index (χ0v) is 22.3. The molecule has 0 heterocycles. The fraction of sp³-hybridized carbons (Fsp3) is 0.500. The highest BCUT2D eigenvalue weighted by Crippen LogP contribution is 2.38. The van der Waals surface area contributed by atoms with Gasteiger partial charge < -0.3 is 21.7 Å². The number of anilines is 3. The van der Waals surface area contributed by atoms with Gasteiger partial charge in [0.05, 0.1) is 17.1 Å². The van der Waals surface area contributed by atoms with Crippen molar-refractivity contribution in [1.29, 1.82) is 0 Å². The first-order chi connectivity index (χ1) is 15.5. The van der Waals surface area contributed by atoms with Gasteiger partial charge in [-0.05, 0) is 56.0 Å². The molecule has 2 aromatic carbocycles. The second kappa shape index (κ2) is 10.2. The van der Waals surface area contributed by atoms with Crippen molar-refractivity contribution in [3.8, 4) is 0 Å². The molecule has 34 heavy (non-hydrogen) atoms. The van der Waals surface area contributed by atoms with Gasteiger partial charge in [-0.3, -0.25) is 9.59 Å². The fourth-order valence-electron chi connectivity index (χ4n) is 3.49. The van der Waals surface area contributed by atoms with Crippen LogP contribution < -0.4 is 21.7 Å². The molecule has 0 spiro atoms. The number of ketones is 1. The van der Waals surface area contributed by atoms with Crippen LogP contribution in [-0.2, 0) is 5.41 Å². The highest BCUT2D eigenvalue weighted by molar-refractivity contribution is 6.09. The molecule has 0 bridgehead atoms. The Balaban J connectivity index is 2.55. The predicted octanol–water partition coefficient (Wildman–Crippen LogP) is 6.05. The summed E-state index contributed by atoms with van der Waals surface area (Å²) in [5, 5.41) is 10.0. The predicted molar refractivity (Wildman–Crippen MR) is 144 cm³/mol. The number of amides is 1. The molecule has 0 aliphatic carbocycles. The lowest BCUT2D eigenvalue weighted by molar-refractivity contribution is 0.0858. The average molecular weight is 467 g/mol. The van der Waals surface area contributed by atoms with E-state index < -0.39 is 5.41 Å². The van der Waals surface area contributed by atoms with Gasteiger partial charge >= 0.3 is 0 Å². The normalized spacial score (nSPS) is 12.3. The first-order valence-electron chi connectivity index (χ1n) is 11.9. The topological polar surface area (TPSA) is 96.2 Å². The van der Waals surface area contributed by atoms with Gasteiger partial charge in [-0.15, -0.1) is 0 Å². The fourth-order valence-corrected chi connectivity index (χ4v) is 3.49. The number of rotatable bonds is 7. The average Bonchev–Trinajstić information content (AvgIpc) is 2.70. The summed E-state index contributed by atoms with van der Waals surface area (Å²) in [6.45, 7) is 19.4. The van der Waals surface area contributed by atoms with Crippen LogP contribution in [-0.4, -0.2) is 30.3 Å². The molecule has 0 fully saturated rings. The van der Waals surface area contributed by atoms with Gasteiger partial charge in [0.1, 0.15) is 0 Å². The Bertz CT molecular complexity index is 1040. The van der Waals surface area contributed by atoms with Crippen LogP contribution in [0.25, 0.3) is 0 Å². The molecule has 0 saturated heterocycles. The zero-order chi connectivity index (χ0) is 25.9. The molecule has 0 aromatic heterocycles. The van der Waals surface area contributed by atoms with Crippen molar-refractivity contribution < 1.29 is 9.59 Å². The molecular weight excluding hydrogens is 424 g/mol. The molecule has 0 unspecified atom stereocenters. The molecular formula is C28H42N4O2. The van der Waals surface area contributed by atoms with Crippen LogP contribution in [0.3, 0.4) is 0 Å². The summed E-state index contributed by atoms with van der Waals surface area (Å²) in [5.41, 5.74) is 9.36. The van der Waals surface area contributed by atoms with Crippen molar-refractivity contribution in [2.24, 2.45) is 11.1 Å². The van der Waals surface area contributed by atoms with Gasteiger partial charge in [0.25, 0.3) is 5.91 Å². The van der Waals surface area contributed by atoms with Crippen molar-refractivity contribution in [1.82, 2.24) is 0 Å². The van der Waals surface area contributed by atoms with E-state index in [4.69, 9.17) is 5.73 Å². The van der Waals surface area contributed by atoms with Crippen LogP contribution in [0.1, 0.15) is 88.6 Å². The van der Waals surface area contributed by atoms with Crippen LogP contribution >= 0.6 is 0 Å². The monoisotopic (exact) mass is 466 g/mol. The number of hydrogen-bond donors (Lipinski definition) is 4. The van der Waals surface area contributed by atoms with E-state index in [-0.39, 0.29) is 22.6 Å². The first-order valence-corrected chi connectivity index (χ1v) is 11.9. The van der Waals surface area contributed by atoms with Crippen LogP contribution in [0, 0.1) is 5.41 Å². The van der Waals surface area contributed by atoms with Gasteiger partial charge in [0, 0.05) is 35.2 Å². The quantitative estimate of drug-likeness (QED) is 0.373. The summed E-state index contributed by atoms with van der Waals surface area (Å²) in [6, 6.07) is 11.0. The molecule has 6 nitrogen and oxygen atoms in total. The van der Waals surface area contributed by atoms with E-state index in [0.29, 0.717) is 29.9 Å². The summed E-state index contributed by atoms with van der Waals surface area (Å²) < 4.78 is 0. The van der Waals surface area contributed by atoms with Crippen molar-refractivity contribution in [2.45, 2.75) is 73.3 Å². The summed E-state index contributed by atoms with van der Waals surface area (Å²) in [4.78, 5) is 26.1. The largest absolute Gasteiger partial charge is 0.380 e. The number of benzene rings is 2. The third kappa shape index (κ3) is 7.32. The van der Waals surface area contributed by atoms with Gasteiger partial charge in [-0.1, -0.05) is 53.7 Å². The third-order valence-electron chi connectivity index (χ3n) is 5.28. The minimum absolute atomic E-state index is 0.00107. The van der Waals surface area contributed by atoms with E-state index in [0.717, 1.165) is 16.9 Å². The SMILES string of the molecule is CC(C)(C)Nc1cc(C(C)(C)C)cc(NC(=O)c2cccc(C(=O)C(C)(C)C)c2)c1NCCN. The van der Waals surface area contributed by atoms with E-state index in [1.54, 1.807) is 24.3 Å². The maximum Gasteiger partial charge on any atom is 0.255 e. The Morgan fingerprint density at radius 1 is 0.853 bits per heavy atom. The van der Waals surface area contributed by atoms with Crippen molar-refractivity contribution in [3.63, 3.8) is 0 Å². The zero-order valence-electron chi connectivity index (χ0n) is 22.3. The molecule has 186 valence electrons. The summed E-state index contributed by atoms with van der Waals surface area (Å²) in [6.07, 6.45) is 0.